The standard InChI is InChI=1S/C15H18N4O/c1-2-7-16-8-6-15-17-11-14(20-15)12-10-18-19-9-4-3-5-13(12)19/h3-5,9-11,16H,2,6-8H2,1H3. The molecule has 0 fully saturated rings. The average molecular weight is 270 g/mol. The maximum atomic E-state index is 5.81. The monoisotopic (exact) mass is 270 g/mol. The van der Waals surface area contributed by atoms with E-state index in [1.165, 1.54) is 0 Å². The summed E-state index contributed by atoms with van der Waals surface area (Å²) in [5.74, 6) is 1.54. The highest BCUT2D eigenvalue weighted by molar-refractivity contribution is 5.76. The Labute approximate surface area is 117 Å². The van der Waals surface area contributed by atoms with E-state index in [0.717, 1.165) is 48.7 Å². The van der Waals surface area contributed by atoms with Gasteiger partial charge in [0.15, 0.2) is 11.7 Å². The topological polar surface area (TPSA) is 55.4 Å². The second-order valence-electron chi connectivity index (χ2n) is 4.71. The van der Waals surface area contributed by atoms with Gasteiger partial charge in [0, 0.05) is 19.2 Å². The van der Waals surface area contributed by atoms with Gasteiger partial charge in [-0.1, -0.05) is 13.0 Å². The molecule has 0 aromatic carbocycles. The maximum Gasteiger partial charge on any atom is 0.196 e. The van der Waals surface area contributed by atoms with E-state index < -0.39 is 0 Å². The van der Waals surface area contributed by atoms with Crippen LogP contribution in [0.5, 0.6) is 0 Å². The molecule has 3 aromatic heterocycles. The van der Waals surface area contributed by atoms with Crippen molar-refractivity contribution in [2.75, 3.05) is 13.1 Å². The van der Waals surface area contributed by atoms with Gasteiger partial charge in [0.05, 0.1) is 23.5 Å². The summed E-state index contributed by atoms with van der Waals surface area (Å²) in [6.45, 7) is 4.07. The first-order valence-electron chi connectivity index (χ1n) is 6.96. The minimum absolute atomic E-state index is 0.763. The van der Waals surface area contributed by atoms with Crippen LogP contribution in [0.3, 0.4) is 0 Å². The van der Waals surface area contributed by atoms with Crippen molar-refractivity contribution < 1.29 is 4.42 Å². The lowest BCUT2D eigenvalue weighted by Gasteiger charge is -1.99. The molecule has 0 saturated carbocycles. The van der Waals surface area contributed by atoms with Gasteiger partial charge in [-0.15, -0.1) is 0 Å². The van der Waals surface area contributed by atoms with Crippen LogP contribution in [-0.4, -0.2) is 27.7 Å². The highest BCUT2D eigenvalue weighted by Gasteiger charge is 2.11. The molecule has 104 valence electrons. The number of aromatic nitrogens is 3. The normalized spacial score (nSPS) is 11.2. The van der Waals surface area contributed by atoms with Gasteiger partial charge >= 0.3 is 0 Å². The Hall–Kier alpha value is -2.14. The fourth-order valence-electron chi connectivity index (χ4n) is 2.17. The van der Waals surface area contributed by atoms with Crippen molar-refractivity contribution in [2.45, 2.75) is 19.8 Å². The number of hydrogen-bond acceptors (Lipinski definition) is 4. The summed E-state index contributed by atoms with van der Waals surface area (Å²) in [7, 11) is 0. The first-order chi connectivity index (χ1) is 9.88. The molecule has 0 atom stereocenters. The molecule has 5 heteroatoms. The number of rotatable bonds is 6. The molecule has 3 rings (SSSR count). The Morgan fingerprint density at radius 3 is 3.10 bits per heavy atom. The predicted molar refractivity (Wildman–Crippen MR) is 77.6 cm³/mol. The van der Waals surface area contributed by atoms with Gasteiger partial charge in [0.25, 0.3) is 0 Å². The number of nitrogens with zero attached hydrogens (tertiary/aromatic N) is 3. The van der Waals surface area contributed by atoms with Crippen molar-refractivity contribution in [3.05, 3.63) is 42.7 Å². The summed E-state index contributed by atoms with van der Waals surface area (Å²) in [6.07, 6.45) is 7.46. The van der Waals surface area contributed by atoms with E-state index in [1.54, 1.807) is 6.20 Å². The number of nitrogens with one attached hydrogen (secondary N) is 1. The molecule has 5 nitrogen and oxygen atoms in total. The molecular weight excluding hydrogens is 252 g/mol. The van der Waals surface area contributed by atoms with Crippen LogP contribution in [0.2, 0.25) is 0 Å². The van der Waals surface area contributed by atoms with Crippen molar-refractivity contribution in [1.82, 2.24) is 19.9 Å². The Bertz CT molecular complexity index is 686. The molecule has 0 bridgehead atoms. The van der Waals surface area contributed by atoms with Crippen LogP contribution in [-0.2, 0) is 6.42 Å². The molecule has 0 unspecified atom stereocenters. The molecule has 3 aromatic rings. The van der Waals surface area contributed by atoms with Gasteiger partial charge in [-0.25, -0.2) is 9.50 Å². The summed E-state index contributed by atoms with van der Waals surface area (Å²) < 4.78 is 7.65. The molecule has 0 saturated heterocycles. The maximum absolute atomic E-state index is 5.81. The number of fused-ring (bicyclic) bond motifs is 1. The zero-order valence-corrected chi connectivity index (χ0v) is 11.5. The van der Waals surface area contributed by atoms with Crippen LogP contribution in [0.4, 0.5) is 0 Å². The van der Waals surface area contributed by atoms with E-state index >= 15 is 0 Å². The van der Waals surface area contributed by atoms with Gasteiger partial charge < -0.3 is 9.73 Å². The van der Waals surface area contributed by atoms with Crippen LogP contribution >= 0.6 is 0 Å². The van der Waals surface area contributed by atoms with Crippen LogP contribution in [0.1, 0.15) is 19.2 Å². The first kappa shape index (κ1) is 12.9. The Morgan fingerprint density at radius 1 is 1.25 bits per heavy atom. The summed E-state index contributed by atoms with van der Waals surface area (Å²) in [5, 5.41) is 7.65. The van der Waals surface area contributed by atoms with Crippen LogP contribution in [0, 0.1) is 0 Å². The van der Waals surface area contributed by atoms with E-state index in [0.29, 0.717) is 0 Å². The highest BCUT2D eigenvalue weighted by Crippen LogP contribution is 2.24. The Kier molecular flexibility index (Phi) is 3.78. The zero-order valence-electron chi connectivity index (χ0n) is 11.5. The van der Waals surface area contributed by atoms with Crippen LogP contribution in [0.15, 0.2) is 41.2 Å². The molecule has 20 heavy (non-hydrogen) atoms. The molecule has 1 N–H and O–H groups in total. The second-order valence-corrected chi connectivity index (χ2v) is 4.71. The highest BCUT2D eigenvalue weighted by atomic mass is 16.4. The third kappa shape index (κ3) is 2.58. The van der Waals surface area contributed by atoms with E-state index in [2.05, 4.69) is 22.3 Å². The second kappa shape index (κ2) is 5.88. The van der Waals surface area contributed by atoms with E-state index in [9.17, 15) is 0 Å². The zero-order chi connectivity index (χ0) is 13.8. The van der Waals surface area contributed by atoms with Crippen molar-refractivity contribution >= 4 is 5.52 Å². The predicted octanol–water partition coefficient (Wildman–Crippen LogP) is 2.53. The van der Waals surface area contributed by atoms with Gasteiger partial charge in [-0.05, 0) is 25.1 Å². The third-order valence-corrected chi connectivity index (χ3v) is 3.19. The molecule has 0 aliphatic heterocycles. The number of hydrogen-bond donors (Lipinski definition) is 1. The first-order valence-corrected chi connectivity index (χ1v) is 6.96. The third-order valence-electron chi connectivity index (χ3n) is 3.19. The van der Waals surface area contributed by atoms with Crippen molar-refractivity contribution in [3.63, 3.8) is 0 Å². The van der Waals surface area contributed by atoms with Crippen LogP contribution in [0.25, 0.3) is 16.8 Å². The van der Waals surface area contributed by atoms with E-state index in [4.69, 9.17) is 4.42 Å². The lowest BCUT2D eigenvalue weighted by atomic mass is 10.2. The summed E-state index contributed by atoms with van der Waals surface area (Å²) in [5.41, 5.74) is 2.00. The summed E-state index contributed by atoms with van der Waals surface area (Å²) >= 11 is 0. The lowest BCUT2D eigenvalue weighted by Crippen LogP contribution is -2.17. The molecule has 0 radical (unpaired) electrons. The minimum atomic E-state index is 0.763. The quantitative estimate of drug-likeness (QED) is 0.699. The Balaban J connectivity index is 1.76. The van der Waals surface area contributed by atoms with Crippen molar-refractivity contribution in [2.24, 2.45) is 0 Å². The van der Waals surface area contributed by atoms with Crippen molar-refractivity contribution in [3.8, 4) is 11.3 Å². The average Bonchev–Trinajstić information content (AvgIpc) is 3.10. The largest absolute Gasteiger partial charge is 0.441 e. The van der Waals surface area contributed by atoms with Gasteiger partial charge in [0.1, 0.15) is 0 Å². The summed E-state index contributed by atoms with van der Waals surface area (Å²) in [6, 6.07) is 5.97. The van der Waals surface area contributed by atoms with Gasteiger partial charge in [-0.2, -0.15) is 5.10 Å². The smallest absolute Gasteiger partial charge is 0.196 e. The van der Waals surface area contributed by atoms with Crippen LogP contribution < -0.4 is 5.32 Å². The van der Waals surface area contributed by atoms with Gasteiger partial charge in [0.2, 0.25) is 0 Å². The molecule has 3 heterocycles. The molecule has 0 spiro atoms. The SMILES string of the molecule is CCCNCCc1ncc(-c2cnn3ccccc23)o1. The Morgan fingerprint density at radius 2 is 2.20 bits per heavy atom. The number of oxazole rings is 1. The van der Waals surface area contributed by atoms with Gasteiger partial charge in [-0.3, -0.25) is 0 Å². The fraction of sp³-hybridized carbons (Fsp3) is 0.333. The lowest BCUT2D eigenvalue weighted by molar-refractivity contribution is 0.495. The molecule has 0 aliphatic rings. The van der Waals surface area contributed by atoms with E-state index in [-0.39, 0.29) is 0 Å². The van der Waals surface area contributed by atoms with E-state index in [1.807, 2.05) is 35.1 Å². The molecule has 0 aliphatic carbocycles. The molecular formula is C15H18N4O. The minimum Gasteiger partial charge on any atom is -0.441 e. The van der Waals surface area contributed by atoms with Crippen molar-refractivity contribution in [1.29, 1.82) is 0 Å². The fourth-order valence-corrected chi connectivity index (χ4v) is 2.17. The summed E-state index contributed by atoms with van der Waals surface area (Å²) in [4.78, 5) is 4.33. The molecule has 0 amide bonds. The number of pyridine rings is 1.